The Kier molecular flexibility index (Phi) is 3.62. The first-order valence-electron chi connectivity index (χ1n) is 6.17. The maximum absolute atomic E-state index is 6.22. The van der Waals surface area contributed by atoms with E-state index in [4.69, 9.17) is 17.3 Å². The maximum atomic E-state index is 6.22. The lowest BCUT2D eigenvalue weighted by Crippen LogP contribution is -2.08. The molecule has 96 valence electrons. The Labute approximate surface area is 113 Å². The highest BCUT2D eigenvalue weighted by molar-refractivity contribution is 6.30. The van der Waals surface area contributed by atoms with Crippen molar-refractivity contribution in [2.75, 3.05) is 5.73 Å². The Morgan fingerprint density at radius 3 is 2.61 bits per heavy atom. The molecule has 0 bridgehead atoms. The largest absolute Gasteiger partial charge is 0.383 e. The van der Waals surface area contributed by atoms with Gasteiger partial charge in [-0.2, -0.15) is 0 Å². The third-order valence-corrected chi connectivity index (χ3v) is 3.19. The van der Waals surface area contributed by atoms with Crippen molar-refractivity contribution in [3.8, 4) is 11.3 Å². The van der Waals surface area contributed by atoms with Crippen molar-refractivity contribution in [2.24, 2.45) is 0 Å². The van der Waals surface area contributed by atoms with Crippen molar-refractivity contribution < 1.29 is 0 Å². The van der Waals surface area contributed by atoms with E-state index in [0.29, 0.717) is 16.9 Å². The van der Waals surface area contributed by atoms with Crippen LogP contribution in [0, 0.1) is 0 Å². The summed E-state index contributed by atoms with van der Waals surface area (Å²) < 4.78 is 2.08. The summed E-state index contributed by atoms with van der Waals surface area (Å²) in [4.78, 5) is 4.64. The Balaban J connectivity index is 2.59. The zero-order valence-electron chi connectivity index (χ0n) is 10.9. The molecule has 2 N–H and O–H groups in total. The van der Waals surface area contributed by atoms with Crippen LogP contribution in [-0.2, 0) is 6.42 Å². The van der Waals surface area contributed by atoms with Gasteiger partial charge in [0.15, 0.2) is 0 Å². The van der Waals surface area contributed by atoms with Gasteiger partial charge in [-0.15, -0.1) is 0 Å². The fraction of sp³-hybridized carbons (Fsp3) is 0.357. The van der Waals surface area contributed by atoms with E-state index in [9.17, 15) is 0 Å². The zero-order chi connectivity index (χ0) is 13.3. The molecule has 3 nitrogen and oxygen atoms in total. The number of anilines is 1. The second-order valence-electron chi connectivity index (χ2n) is 4.59. The molecule has 0 saturated heterocycles. The summed E-state index contributed by atoms with van der Waals surface area (Å²) in [5.74, 6) is 1.72. The minimum Gasteiger partial charge on any atom is -0.383 e. The number of aryl methyl sites for hydroxylation is 1. The highest BCUT2D eigenvalue weighted by Crippen LogP contribution is 2.30. The van der Waals surface area contributed by atoms with E-state index in [1.165, 1.54) is 0 Å². The molecule has 2 aromatic rings. The Morgan fingerprint density at radius 1 is 1.39 bits per heavy atom. The standard InChI is InChI=1S/C14H18ClN3/c1-4-12-17-13(14(16)18(12)9(2)3)10-6-5-7-11(15)8-10/h5-9H,4,16H2,1-3H3. The fourth-order valence-corrected chi connectivity index (χ4v) is 2.36. The molecule has 0 amide bonds. The minimum atomic E-state index is 0.306. The maximum Gasteiger partial charge on any atom is 0.131 e. The molecular formula is C14H18ClN3. The normalized spacial score (nSPS) is 11.2. The van der Waals surface area contributed by atoms with Crippen LogP contribution < -0.4 is 5.73 Å². The summed E-state index contributed by atoms with van der Waals surface area (Å²) in [7, 11) is 0. The molecule has 0 aliphatic carbocycles. The van der Waals surface area contributed by atoms with E-state index in [0.717, 1.165) is 23.5 Å². The third-order valence-electron chi connectivity index (χ3n) is 2.95. The first-order valence-corrected chi connectivity index (χ1v) is 6.54. The van der Waals surface area contributed by atoms with Crippen molar-refractivity contribution in [1.29, 1.82) is 0 Å². The summed E-state index contributed by atoms with van der Waals surface area (Å²) in [6, 6.07) is 7.94. The number of benzene rings is 1. The average molecular weight is 264 g/mol. The fourth-order valence-electron chi connectivity index (χ4n) is 2.17. The lowest BCUT2D eigenvalue weighted by molar-refractivity contribution is 0.579. The number of nitrogen functional groups attached to an aromatic ring is 1. The van der Waals surface area contributed by atoms with Gasteiger partial charge in [-0.05, 0) is 26.0 Å². The van der Waals surface area contributed by atoms with Crippen LogP contribution in [0.2, 0.25) is 5.02 Å². The van der Waals surface area contributed by atoms with Crippen molar-refractivity contribution in [3.63, 3.8) is 0 Å². The van der Waals surface area contributed by atoms with Crippen LogP contribution >= 0.6 is 11.6 Å². The van der Waals surface area contributed by atoms with Crippen LogP contribution in [0.3, 0.4) is 0 Å². The molecule has 0 aliphatic heterocycles. The van der Waals surface area contributed by atoms with Crippen molar-refractivity contribution in [2.45, 2.75) is 33.2 Å². The molecule has 1 heterocycles. The van der Waals surface area contributed by atoms with E-state index in [1.54, 1.807) is 0 Å². The van der Waals surface area contributed by atoms with Gasteiger partial charge in [0.25, 0.3) is 0 Å². The summed E-state index contributed by atoms with van der Waals surface area (Å²) in [5.41, 5.74) is 8.01. The van der Waals surface area contributed by atoms with Gasteiger partial charge in [-0.3, -0.25) is 0 Å². The number of nitrogens with two attached hydrogens (primary N) is 1. The SMILES string of the molecule is CCc1nc(-c2cccc(Cl)c2)c(N)n1C(C)C. The number of halogens is 1. The predicted octanol–water partition coefficient (Wildman–Crippen LogP) is 3.93. The molecule has 0 spiro atoms. The van der Waals surface area contributed by atoms with Gasteiger partial charge < -0.3 is 10.3 Å². The molecule has 0 saturated carbocycles. The molecule has 0 atom stereocenters. The highest BCUT2D eigenvalue weighted by Gasteiger charge is 2.16. The van der Waals surface area contributed by atoms with E-state index in [2.05, 4.69) is 30.3 Å². The van der Waals surface area contributed by atoms with Gasteiger partial charge in [0.2, 0.25) is 0 Å². The molecule has 18 heavy (non-hydrogen) atoms. The number of aromatic nitrogens is 2. The van der Waals surface area contributed by atoms with Crippen molar-refractivity contribution in [3.05, 3.63) is 35.1 Å². The van der Waals surface area contributed by atoms with Crippen LogP contribution in [0.25, 0.3) is 11.3 Å². The second-order valence-corrected chi connectivity index (χ2v) is 5.03. The molecule has 1 aromatic carbocycles. The summed E-state index contributed by atoms with van der Waals surface area (Å²) in [6.07, 6.45) is 0.864. The van der Waals surface area contributed by atoms with Gasteiger partial charge in [-0.1, -0.05) is 30.7 Å². The molecule has 0 fully saturated rings. The van der Waals surface area contributed by atoms with Gasteiger partial charge in [0.1, 0.15) is 17.3 Å². The summed E-state index contributed by atoms with van der Waals surface area (Å²) >= 11 is 6.01. The molecular weight excluding hydrogens is 246 g/mol. The Hall–Kier alpha value is -1.48. The van der Waals surface area contributed by atoms with Gasteiger partial charge in [-0.25, -0.2) is 4.98 Å². The van der Waals surface area contributed by atoms with Crippen LogP contribution in [0.5, 0.6) is 0 Å². The smallest absolute Gasteiger partial charge is 0.131 e. The first-order chi connectivity index (χ1) is 8.54. The lowest BCUT2D eigenvalue weighted by atomic mass is 10.1. The molecule has 1 aromatic heterocycles. The third kappa shape index (κ3) is 2.23. The quantitative estimate of drug-likeness (QED) is 0.912. The van der Waals surface area contributed by atoms with Crippen molar-refractivity contribution >= 4 is 17.4 Å². The summed E-state index contributed by atoms with van der Waals surface area (Å²) in [6.45, 7) is 6.31. The molecule has 4 heteroatoms. The predicted molar refractivity (Wildman–Crippen MR) is 76.8 cm³/mol. The van der Waals surface area contributed by atoms with Crippen molar-refractivity contribution in [1.82, 2.24) is 9.55 Å². The molecule has 0 aliphatic rings. The molecule has 0 unspecified atom stereocenters. The molecule has 2 rings (SSSR count). The van der Waals surface area contributed by atoms with Crippen LogP contribution in [-0.4, -0.2) is 9.55 Å². The Morgan fingerprint density at radius 2 is 2.11 bits per heavy atom. The minimum absolute atomic E-state index is 0.306. The van der Waals surface area contributed by atoms with E-state index >= 15 is 0 Å². The molecule has 0 radical (unpaired) electrons. The zero-order valence-corrected chi connectivity index (χ0v) is 11.7. The number of hydrogen-bond donors (Lipinski definition) is 1. The van der Waals surface area contributed by atoms with Gasteiger partial charge in [0, 0.05) is 23.0 Å². The van der Waals surface area contributed by atoms with Crippen LogP contribution in [0.1, 0.15) is 32.6 Å². The average Bonchev–Trinajstić information content (AvgIpc) is 2.66. The van der Waals surface area contributed by atoms with Gasteiger partial charge >= 0.3 is 0 Å². The number of imidazole rings is 1. The van der Waals surface area contributed by atoms with Crippen LogP contribution in [0.4, 0.5) is 5.82 Å². The second kappa shape index (κ2) is 5.02. The van der Waals surface area contributed by atoms with E-state index in [-0.39, 0.29) is 0 Å². The number of nitrogens with zero attached hydrogens (tertiary/aromatic N) is 2. The van der Waals surface area contributed by atoms with Crippen LogP contribution in [0.15, 0.2) is 24.3 Å². The number of hydrogen-bond acceptors (Lipinski definition) is 2. The highest BCUT2D eigenvalue weighted by atomic mass is 35.5. The van der Waals surface area contributed by atoms with E-state index < -0.39 is 0 Å². The topological polar surface area (TPSA) is 43.8 Å². The lowest BCUT2D eigenvalue weighted by Gasteiger charge is -2.12. The van der Waals surface area contributed by atoms with Gasteiger partial charge in [0.05, 0.1) is 0 Å². The summed E-state index contributed by atoms with van der Waals surface area (Å²) in [5, 5.41) is 0.698. The van der Waals surface area contributed by atoms with E-state index in [1.807, 2.05) is 24.3 Å². The monoisotopic (exact) mass is 263 g/mol. The number of rotatable bonds is 3. The first kappa shape index (κ1) is 13.0. The Bertz CT molecular complexity index is 558.